The summed E-state index contributed by atoms with van der Waals surface area (Å²) in [6.07, 6.45) is 5.58. The van der Waals surface area contributed by atoms with Crippen molar-refractivity contribution in [3.8, 4) is 0 Å². The highest BCUT2D eigenvalue weighted by Gasteiger charge is 1.99. The summed E-state index contributed by atoms with van der Waals surface area (Å²) in [6.45, 7) is 3.79. The van der Waals surface area contributed by atoms with Crippen LogP contribution in [-0.2, 0) is 13.5 Å². The second-order valence-corrected chi connectivity index (χ2v) is 2.88. The summed E-state index contributed by atoms with van der Waals surface area (Å²) in [6, 6.07) is 0. The first-order chi connectivity index (χ1) is 5.84. The Bertz CT molecular complexity index is 219. The van der Waals surface area contributed by atoms with Gasteiger partial charge in [0.2, 0.25) is 0 Å². The molecule has 0 aromatic carbocycles. The van der Waals surface area contributed by atoms with Gasteiger partial charge in [-0.1, -0.05) is 26.2 Å². The van der Waals surface area contributed by atoms with Crippen molar-refractivity contribution < 1.29 is 0 Å². The molecular formula is C8H15N4. The van der Waals surface area contributed by atoms with Crippen molar-refractivity contribution in [2.75, 3.05) is 0 Å². The predicted molar refractivity (Wildman–Crippen MR) is 46.3 cm³/mol. The maximum absolute atomic E-state index is 3.90. The fourth-order valence-corrected chi connectivity index (χ4v) is 1.10. The van der Waals surface area contributed by atoms with Crippen LogP contribution in [0.15, 0.2) is 0 Å². The van der Waals surface area contributed by atoms with E-state index in [1.165, 1.54) is 12.8 Å². The van der Waals surface area contributed by atoms with E-state index >= 15 is 0 Å². The fourth-order valence-electron chi connectivity index (χ4n) is 1.10. The lowest BCUT2D eigenvalue weighted by molar-refractivity contribution is 0.627. The van der Waals surface area contributed by atoms with E-state index in [2.05, 4.69) is 22.4 Å². The monoisotopic (exact) mass is 167 g/mol. The van der Waals surface area contributed by atoms with Gasteiger partial charge in [0.15, 0.2) is 5.82 Å². The van der Waals surface area contributed by atoms with Gasteiger partial charge in [0, 0.05) is 13.5 Å². The van der Waals surface area contributed by atoms with Gasteiger partial charge < -0.3 is 0 Å². The van der Waals surface area contributed by atoms with Crippen LogP contribution in [0.4, 0.5) is 0 Å². The fraction of sp³-hybridized carbons (Fsp3) is 0.750. The second kappa shape index (κ2) is 4.85. The van der Waals surface area contributed by atoms with E-state index in [9.17, 15) is 0 Å². The molecule has 1 rings (SSSR count). The van der Waals surface area contributed by atoms with Gasteiger partial charge in [0.25, 0.3) is 0 Å². The molecule has 4 heteroatoms. The number of hydrogen-bond acceptors (Lipinski definition) is 3. The number of rotatable bonds is 5. The molecule has 0 N–H and O–H groups in total. The van der Waals surface area contributed by atoms with Gasteiger partial charge in [0.1, 0.15) is 0 Å². The standard InChI is InChI=1S/C8H15N4/c1-3-4-5-6-7-8-9-10-11-12(8)2/h1,3-7H2,2H3. The lowest BCUT2D eigenvalue weighted by Crippen LogP contribution is -1.99. The molecule has 0 bridgehead atoms. The van der Waals surface area contributed by atoms with Crippen molar-refractivity contribution in [3.63, 3.8) is 0 Å². The Morgan fingerprint density at radius 2 is 2.17 bits per heavy atom. The van der Waals surface area contributed by atoms with Crippen LogP contribution in [0.3, 0.4) is 0 Å². The van der Waals surface area contributed by atoms with E-state index in [1.807, 2.05) is 7.05 Å². The first-order valence-corrected chi connectivity index (χ1v) is 4.35. The Balaban J connectivity index is 2.20. The first-order valence-electron chi connectivity index (χ1n) is 4.35. The van der Waals surface area contributed by atoms with Crippen LogP contribution < -0.4 is 0 Å². The molecule has 67 valence electrons. The minimum absolute atomic E-state index is 0.971. The van der Waals surface area contributed by atoms with Gasteiger partial charge in [-0.3, -0.25) is 0 Å². The molecule has 0 aliphatic carbocycles. The summed E-state index contributed by atoms with van der Waals surface area (Å²) in [5, 5.41) is 11.2. The largest absolute Gasteiger partial charge is 0.233 e. The average molecular weight is 167 g/mol. The molecule has 0 fully saturated rings. The molecule has 1 radical (unpaired) electrons. The van der Waals surface area contributed by atoms with Gasteiger partial charge in [-0.05, 0) is 16.8 Å². The minimum atomic E-state index is 0.971. The summed E-state index contributed by atoms with van der Waals surface area (Å²) in [4.78, 5) is 0. The van der Waals surface area contributed by atoms with Gasteiger partial charge in [-0.2, -0.15) is 0 Å². The molecule has 0 amide bonds. The second-order valence-electron chi connectivity index (χ2n) is 2.88. The van der Waals surface area contributed by atoms with E-state index in [1.54, 1.807) is 4.68 Å². The normalized spacial score (nSPS) is 10.5. The molecule has 12 heavy (non-hydrogen) atoms. The quantitative estimate of drug-likeness (QED) is 0.618. The Kier molecular flexibility index (Phi) is 3.70. The minimum Gasteiger partial charge on any atom is -0.233 e. The highest BCUT2D eigenvalue weighted by molar-refractivity contribution is 4.78. The smallest absolute Gasteiger partial charge is 0.150 e. The van der Waals surface area contributed by atoms with Gasteiger partial charge in [0.05, 0.1) is 0 Å². The molecule has 1 aromatic heterocycles. The Hall–Kier alpha value is -0.930. The number of hydrogen-bond donors (Lipinski definition) is 0. The number of aromatic nitrogens is 4. The van der Waals surface area contributed by atoms with Crippen molar-refractivity contribution >= 4 is 0 Å². The van der Waals surface area contributed by atoms with Crippen molar-refractivity contribution in [2.45, 2.75) is 32.1 Å². The molecule has 4 nitrogen and oxygen atoms in total. The van der Waals surface area contributed by atoms with Crippen LogP contribution in [0.25, 0.3) is 0 Å². The summed E-state index contributed by atoms with van der Waals surface area (Å²) in [5.41, 5.74) is 0. The molecule has 0 unspecified atom stereocenters. The molecule has 0 aliphatic rings. The zero-order valence-electron chi connectivity index (χ0n) is 7.53. The van der Waals surface area contributed by atoms with E-state index in [0.717, 1.165) is 25.1 Å². The summed E-state index contributed by atoms with van der Waals surface area (Å²) >= 11 is 0. The number of nitrogens with zero attached hydrogens (tertiary/aromatic N) is 4. The maximum Gasteiger partial charge on any atom is 0.150 e. The molecule has 1 heterocycles. The van der Waals surface area contributed by atoms with E-state index in [-0.39, 0.29) is 0 Å². The third-order valence-electron chi connectivity index (χ3n) is 1.86. The highest BCUT2D eigenvalue weighted by Crippen LogP contribution is 2.03. The van der Waals surface area contributed by atoms with E-state index in [0.29, 0.717) is 0 Å². The van der Waals surface area contributed by atoms with Crippen molar-refractivity contribution in [3.05, 3.63) is 12.7 Å². The number of aryl methyl sites for hydroxylation is 2. The lowest BCUT2D eigenvalue weighted by Gasteiger charge is -1.97. The topological polar surface area (TPSA) is 43.6 Å². The third-order valence-corrected chi connectivity index (χ3v) is 1.86. The summed E-state index contributed by atoms with van der Waals surface area (Å²) in [5.74, 6) is 0.971. The van der Waals surface area contributed by atoms with Crippen LogP contribution in [0, 0.1) is 6.92 Å². The third kappa shape index (κ3) is 2.60. The van der Waals surface area contributed by atoms with Crippen LogP contribution in [0.1, 0.15) is 31.5 Å². The molecule has 1 aromatic rings. The van der Waals surface area contributed by atoms with Crippen molar-refractivity contribution in [1.29, 1.82) is 0 Å². The number of unbranched alkanes of at least 4 members (excludes halogenated alkanes) is 3. The molecular weight excluding hydrogens is 152 g/mol. The van der Waals surface area contributed by atoms with E-state index in [4.69, 9.17) is 0 Å². The van der Waals surface area contributed by atoms with Crippen molar-refractivity contribution in [1.82, 2.24) is 20.2 Å². The molecule has 0 saturated heterocycles. The van der Waals surface area contributed by atoms with Crippen LogP contribution >= 0.6 is 0 Å². The molecule has 0 spiro atoms. The van der Waals surface area contributed by atoms with Crippen LogP contribution in [0.2, 0.25) is 0 Å². The molecule has 0 aliphatic heterocycles. The predicted octanol–water partition coefficient (Wildman–Crippen LogP) is 1.15. The molecule has 0 atom stereocenters. The number of tetrazole rings is 1. The van der Waals surface area contributed by atoms with Gasteiger partial charge >= 0.3 is 0 Å². The van der Waals surface area contributed by atoms with Crippen molar-refractivity contribution in [2.24, 2.45) is 7.05 Å². The Labute approximate surface area is 73.0 Å². The zero-order chi connectivity index (χ0) is 8.81. The summed E-state index contributed by atoms with van der Waals surface area (Å²) < 4.78 is 1.73. The first kappa shape index (κ1) is 9.16. The van der Waals surface area contributed by atoms with Crippen LogP contribution in [-0.4, -0.2) is 20.2 Å². The molecule has 0 saturated carbocycles. The maximum atomic E-state index is 3.90. The SMILES string of the molecule is [CH2]CCCCCc1nnnn1C. The van der Waals surface area contributed by atoms with Gasteiger partial charge in [-0.15, -0.1) is 5.10 Å². The zero-order valence-corrected chi connectivity index (χ0v) is 7.53. The Morgan fingerprint density at radius 3 is 2.75 bits per heavy atom. The van der Waals surface area contributed by atoms with E-state index < -0.39 is 0 Å². The van der Waals surface area contributed by atoms with Crippen LogP contribution in [0.5, 0.6) is 0 Å². The lowest BCUT2D eigenvalue weighted by atomic mass is 10.1. The highest BCUT2D eigenvalue weighted by atomic mass is 15.5. The average Bonchev–Trinajstić information content (AvgIpc) is 2.46. The Morgan fingerprint density at radius 1 is 1.33 bits per heavy atom. The summed E-state index contributed by atoms with van der Waals surface area (Å²) in [7, 11) is 1.87. The van der Waals surface area contributed by atoms with Gasteiger partial charge in [-0.25, -0.2) is 4.68 Å².